The van der Waals surface area contributed by atoms with Crippen LogP contribution in [0.5, 0.6) is 0 Å². The van der Waals surface area contributed by atoms with Crippen molar-refractivity contribution in [3.63, 3.8) is 0 Å². The molecule has 1 aromatic carbocycles. The van der Waals surface area contributed by atoms with Gasteiger partial charge < -0.3 is 19.7 Å². The Morgan fingerprint density at radius 2 is 2.04 bits per heavy atom. The van der Waals surface area contributed by atoms with Crippen molar-refractivity contribution in [1.82, 2.24) is 10.2 Å². The second kappa shape index (κ2) is 9.99. The van der Waals surface area contributed by atoms with Gasteiger partial charge in [0.25, 0.3) is 5.91 Å². The molecular formula is C20H28N2O4S. The third kappa shape index (κ3) is 5.62. The minimum atomic E-state index is -0.266. The third-order valence-corrected chi connectivity index (χ3v) is 6.14. The van der Waals surface area contributed by atoms with Crippen LogP contribution in [0, 0.1) is 0 Å². The molecule has 6 nitrogen and oxygen atoms in total. The normalized spacial score (nSPS) is 20.5. The zero-order valence-corrected chi connectivity index (χ0v) is 16.6. The molecule has 0 saturated carbocycles. The predicted octanol–water partition coefficient (Wildman–Crippen LogP) is 3.31. The fourth-order valence-corrected chi connectivity index (χ4v) is 4.54. The summed E-state index contributed by atoms with van der Waals surface area (Å²) in [4.78, 5) is 27.3. The van der Waals surface area contributed by atoms with Gasteiger partial charge in [-0.25, -0.2) is 4.79 Å². The van der Waals surface area contributed by atoms with Gasteiger partial charge in [-0.2, -0.15) is 0 Å². The summed E-state index contributed by atoms with van der Waals surface area (Å²) in [6, 6.07) is 7.82. The van der Waals surface area contributed by atoms with E-state index in [0.29, 0.717) is 31.4 Å². The van der Waals surface area contributed by atoms with Gasteiger partial charge in [0, 0.05) is 36.4 Å². The Bertz CT molecular complexity index is 641. The number of ether oxygens (including phenoxy) is 2. The van der Waals surface area contributed by atoms with Crippen LogP contribution in [0.25, 0.3) is 0 Å². The number of carbonyl (C=O) groups is 2. The lowest BCUT2D eigenvalue weighted by molar-refractivity contribution is 0.0858. The van der Waals surface area contributed by atoms with Gasteiger partial charge in [-0.05, 0) is 44.7 Å². The number of nitrogens with one attached hydrogen (secondary N) is 1. The molecule has 2 saturated heterocycles. The van der Waals surface area contributed by atoms with E-state index in [4.69, 9.17) is 9.47 Å². The molecule has 2 heterocycles. The van der Waals surface area contributed by atoms with Gasteiger partial charge in [-0.15, -0.1) is 11.8 Å². The Labute approximate surface area is 165 Å². The van der Waals surface area contributed by atoms with Crippen LogP contribution in [-0.4, -0.2) is 61.1 Å². The number of piperidine rings is 1. The highest BCUT2D eigenvalue weighted by Crippen LogP contribution is 2.27. The molecule has 3 rings (SSSR count). The topological polar surface area (TPSA) is 67.9 Å². The number of hydrogen-bond donors (Lipinski definition) is 1. The summed E-state index contributed by atoms with van der Waals surface area (Å²) in [7, 11) is 0. The van der Waals surface area contributed by atoms with E-state index in [1.54, 1.807) is 23.6 Å². The van der Waals surface area contributed by atoms with Gasteiger partial charge in [0.2, 0.25) is 0 Å². The molecule has 7 heteroatoms. The molecule has 0 spiro atoms. The summed E-state index contributed by atoms with van der Waals surface area (Å²) in [6.07, 6.45) is 3.74. The predicted molar refractivity (Wildman–Crippen MR) is 105 cm³/mol. The van der Waals surface area contributed by atoms with Gasteiger partial charge in [0.05, 0.1) is 18.3 Å². The monoisotopic (exact) mass is 392 g/mol. The van der Waals surface area contributed by atoms with Gasteiger partial charge in [-0.3, -0.25) is 4.79 Å². The second-order valence-corrected chi connectivity index (χ2v) is 7.94. The third-order valence-electron chi connectivity index (χ3n) is 4.94. The summed E-state index contributed by atoms with van der Waals surface area (Å²) in [6.45, 7) is 4.26. The molecule has 0 aromatic heterocycles. The van der Waals surface area contributed by atoms with Gasteiger partial charge in [0.1, 0.15) is 0 Å². The SMILES string of the molecule is CCOC(=O)N1CCC(NC(=O)c2ccccc2SCC2CCCO2)CC1. The molecular weight excluding hydrogens is 364 g/mol. The van der Waals surface area contributed by atoms with Crippen LogP contribution in [0.2, 0.25) is 0 Å². The van der Waals surface area contributed by atoms with E-state index < -0.39 is 0 Å². The Balaban J connectivity index is 1.51. The molecule has 0 aliphatic carbocycles. The van der Waals surface area contributed by atoms with Gasteiger partial charge in [0.15, 0.2) is 0 Å². The number of carbonyl (C=O) groups excluding carboxylic acids is 2. The average Bonchev–Trinajstić information content (AvgIpc) is 3.21. The molecule has 1 unspecified atom stereocenters. The molecule has 1 N–H and O–H groups in total. The molecule has 1 aromatic rings. The van der Waals surface area contributed by atoms with Crippen LogP contribution < -0.4 is 5.32 Å². The van der Waals surface area contributed by atoms with Crippen molar-refractivity contribution in [2.45, 2.75) is 49.6 Å². The van der Waals surface area contributed by atoms with Gasteiger partial charge in [-0.1, -0.05) is 12.1 Å². The maximum atomic E-state index is 12.8. The molecule has 0 bridgehead atoms. The minimum absolute atomic E-state index is 0.0416. The van der Waals surface area contributed by atoms with Crippen molar-refractivity contribution in [3.8, 4) is 0 Å². The maximum Gasteiger partial charge on any atom is 0.409 e. The lowest BCUT2D eigenvalue weighted by atomic mass is 10.0. The number of rotatable bonds is 6. The standard InChI is InChI=1S/C20H28N2O4S/c1-2-25-20(24)22-11-9-15(10-12-22)21-19(23)17-7-3-4-8-18(17)27-14-16-6-5-13-26-16/h3-4,7-8,15-16H,2,5-6,9-14H2,1H3,(H,21,23). The Kier molecular flexibility index (Phi) is 7.41. The van der Waals surface area contributed by atoms with Crippen molar-refractivity contribution >= 4 is 23.8 Å². The fourth-order valence-electron chi connectivity index (χ4n) is 3.42. The van der Waals surface area contributed by atoms with E-state index in [2.05, 4.69) is 5.32 Å². The molecule has 148 valence electrons. The summed E-state index contributed by atoms with van der Waals surface area (Å²) in [5.74, 6) is 0.836. The molecule has 0 radical (unpaired) electrons. The highest BCUT2D eigenvalue weighted by Gasteiger charge is 2.25. The zero-order chi connectivity index (χ0) is 19.1. The zero-order valence-electron chi connectivity index (χ0n) is 15.8. The van der Waals surface area contributed by atoms with E-state index in [-0.39, 0.29) is 18.0 Å². The van der Waals surface area contributed by atoms with E-state index in [1.165, 1.54) is 0 Å². The van der Waals surface area contributed by atoms with Crippen molar-refractivity contribution in [1.29, 1.82) is 0 Å². The first-order chi connectivity index (χ1) is 13.2. The Hall–Kier alpha value is -1.73. The van der Waals surface area contributed by atoms with E-state index in [1.807, 2.05) is 24.3 Å². The van der Waals surface area contributed by atoms with E-state index in [9.17, 15) is 9.59 Å². The van der Waals surface area contributed by atoms with Crippen molar-refractivity contribution in [3.05, 3.63) is 29.8 Å². The number of hydrogen-bond acceptors (Lipinski definition) is 5. The number of likely N-dealkylation sites (tertiary alicyclic amines) is 1. The van der Waals surface area contributed by atoms with Crippen LogP contribution in [-0.2, 0) is 9.47 Å². The summed E-state index contributed by atoms with van der Waals surface area (Å²) in [5, 5.41) is 3.13. The Morgan fingerprint density at radius 3 is 2.74 bits per heavy atom. The first-order valence-corrected chi connectivity index (χ1v) is 10.7. The highest BCUT2D eigenvalue weighted by molar-refractivity contribution is 7.99. The Morgan fingerprint density at radius 1 is 1.26 bits per heavy atom. The van der Waals surface area contributed by atoms with Crippen molar-refractivity contribution < 1.29 is 19.1 Å². The first kappa shape index (κ1) is 20.0. The molecule has 2 aliphatic heterocycles. The largest absolute Gasteiger partial charge is 0.450 e. The number of thioether (sulfide) groups is 1. The number of amides is 2. The van der Waals surface area contributed by atoms with Crippen LogP contribution in [0.15, 0.2) is 29.2 Å². The van der Waals surface area contributed by atoms with Gasteiger partial charge >= 0.3 is 6.09 Å². The number of benzene rings is 1. The molecule has 27 heavy (non-hydrogen) atoms. The van der Waals surface area contributed by atoms with Crippen molar-refractivity contribution in [2.24, 2.45) is 0 Å². The lowest BCUT2D eigenvalue weighted by Gasteiger charge is -2.31. The summed E-state index contributed by atoms with van der Waals surface area (Å²) >= 11 is 1.69. The van der Waals surface area contributed by atoms with Crippen LogP contribution in [0.1, 0.15) is 43.0 Å². The molecule has 2 fully saturated rings. The average molecular weight is 393 g/mol. The molecule has 2 amide bonds. The van der Waals surface area contributed by atoms with Crippen molar-refractivity contribution in [2.75, 3.05) is 32.1 Å². The summed E-state index contributed by atoms with van der Waals surface area (Å²) in [5.41, 5.74) is 0.716. The lowest BCUT2D eigenvalue weighted by Crippen LogP contribution is -2.46. The quantitative estimate of drug-likeness (QED) is 0.753. The van der Waals surface area contributed by atoms with Crippen LogP contribution in [0.4, 0.5) is 4.79 Å². The second-order valence-electron chi connectivity index (χ2n) is 6.88. The highest BCUT2D eigenvalue weighted by atomic mass is 32.2. The smallest absolute Gasteiger partial charge is 0.409 e. The maximum absolute atomic E-state index is 12.8. The van der Waals surface area contributed by atoms with E-state index in [0.717, 1.165) is 42.9 Å². The van der Waals surface area contributed by atoms with Crippen LogP contribution in [0.3, 0.4) is 0 Å². The summed E-state index contributed by atoms with van der Waals surface area (Å²) < 4.78 is 10.7. The molecule has 2 aliphatic rings. The molecule has 1 atom stereocenters. The fraction of sp³-hybridized carbons (Fsp3) is 0.600. The first-order valence-electron chi connectivity index (χ1n) is 9.73. The van der Waals surface area contributed by atoms with E-state index >= 15 is 0 Å². The minimum Gasteiger partial charge on any atom is -0.450 e. The number of nitrogens with zero attached hydrogens (tertiary/aromatic N) is 1. The van der Waals surface area contributed by atoms with Crippen LogP contribution >= 0.6 is 11.8 Å².